The number of benzene rings is 2. The Kier molecular flexibility index (Phi) is 10.9. The van der Waals surface area contributed by atoms with E-state index in [9.17, 15) is 14.4 Å². The summed E-state index contributed by atoms with van der Waals surface area (Å²) in [7, 11) is 0. The lowest BCUT2D eigenvalue weighted by atomic mass is 9.93. The Morgan fingerprint density at radius 3 is 2.39 bits per heavy atom. The van der Waals surface area contributed by atoms with Crippen molar-refractivity contribution in [1.29, 1.82) is 0 Å². The fourth-order valence-corrected chi connectivity index (χ4v) is 8.01. The molecule has 1 saturated carbocycles. The highest BCUT2D eigenvalue weighted by Crippen LogP contribution is 2.33. The molecule has 0 bridgehead atoms. The van der Waals surface area contributed by atoms with Gasteiger partial charge >= 0.3 is 6.09 Å². The van der Waals surface area contributed by atoms with E-state index >= 15 is 0 Å². The van der Waals surface area contributed by atoms with Gasteiger partial charge in [-0.3, -0.25) is 9.59 Å². The Bertz CT molecular complexity index is 1430. The van der Waals surface area contributed by atoms with Crippen molar-refractivity contribution in [1.82, 2.24) is 20.9 Å². The van der Waals surface area contributed by atoms with Crippen molar-refractivity contribution in [3.05, 3.63) is 66.2 Å². The summed E-state index contributed by atoms with van der Waals surface area (Å²) in [6, 6.07) is 18.6. The molecule has 0 radical (unpaired) electrons. The summed E-state index contributed by atoms with van der Waals surface area (Å²) in [6.45, 7) is 5.59. The van der Waals surface area contributed by atoms with Crippen molar-refractivity contribution in [3.8, 4) is 5.06 Å². The van der Waals surface area contributed by atoms with Gasteiger partial charge in [0.2, 0.25) is 11.8 Å². The first-order chi connectivity index (χ1) is 22.5. The van der Waals surface area contributed by atoms with E-state index in [2.05, 4.69) is 20.9 Å². The van der Waals surface area contributed by atoms with Crippen LogP contribution in [0.1, 0.15) is 56.9 Å². The zero-order chi connectivity index (χ0) is 31.8. The van der Waals surface area contributed by atoms with Gasteiger partial charge in [0.1, 0.15) is 11.6 Å². The first-order valence-electron chi connectivity index (χ1n) is 16.9. The van der Waals surface area contributed by atoms with Crippen LogP contribution in [0.15, 0.2) is 60.7 Å². The number of nitrogens with zero attached hydrogens (tertiary/aromatic N) is 1. The summed E-state index contributed by atoms with van der Waals surface area (Å²) in [6.07, 6.45) is 6.70. The molecule has 3 aliphatic rings. The second-order valence-corrected chi connectivity index (χ2v) is 14.2. The van der Waals surface area contributed by atoms with E-state index in [1.54, 1.807) is 0 Å². The van der Waals surface area contributed by atoms with Crippen LogP contribution in [0.5, 0.6) is 5.06 Å². The van der Waals surface area contributed by atoms with E-state index in [-0.39, 0.29) is 11.8 Å². The fraction of sp³-hybridized carbons (Fsp3) is 0.528. The number of ether oxygens (including phenoxy) is 2. The van der Waals surface area contributed by atoms with Crippen LogP contribution in [0, 0.1) is 11.8 Å². The fourth-order valence-electron chi connectivity index (χ4n) is 7.10. The number of carbonyl (C=O) groups excluding carboxylic acids is 3. The lowest BCUT2D eigenvalue weighted by Gasteiger charge is -2.35. The number of hydrogen-bond donors (Lipinski definition) is 3. The molecule has 3 heterocycles. The largest absolute Gasteiger partial charge is 0.414 e. The van der Waals surface area contributed by atoms with Crippen molar-refractivity contribution >= 4 is 39.3 Å². The maximum absolute atomic E-state index is 13.9. The number of nitrogens with one attached hydrogen (secondary N) is 3. The van der Waals surface area contributed by atoms with Gasteiger partial charge in [0, 0.05) is 43.5 Å². The van der Waals surface area contributed by atoms with Gasteiger partial charge in [-0.05, 0) is 80.5 Å². The van der Waals surface area contributed by atoms with Crippen LogP contribution in [0.4, 0.5) is 4.79 Å². The molecule has 2 aliphatic heterocycles. The van der Waals surface area contributed by atoms with Crippen molar-refractivity contribution in [2.24, 2.45) is 11.8 Å². The summed E-state index contributed by atoms with van der Waals surface area (Å²) >= 11 is 1.39. The molecule has 3 fully saturated rings. The number of likely N-dealkylation sites (tertiary alicyclic amines) is 1. The molecule has 1 atom stereocenters. The highest BCUT2D eigenvalue weighted by atomic mass is 32.1. The smallest absolute Gasteiger partial charge is 0.399 e. The first kappa shape index (κ1) is 32.5. The van der Waals surface area contributed by atoms with Gasteiger partial charge in [0.05, 0.1) is 0 Å². The van der Waals surface area contributed by atoms with Crippen molar-refractivity contribution in [2.75, 3.05) is 39.4 Å². The second kappa shape index (κ2) is 15.4. The zero-order valence-electron chi connectivity index (χ0n) is 26.5. The Morgan fingerprint density at radius 2 is 1.65 bits per heavy atom. The molecule has 3 aromatic rings. The molecule has 246 valence electrons. The molecule has 46 heavy (non-hydrogen) atoms. The summed E-state index contributed by atoms with van der Waals surface area (Å²) in [5.41, 5.74) is -0.165. The van der Waals surface area contributed by atoms with Crippen molar-refractivity contribution in [2.45, 2.75) is 69.4 Å². The molecule has 9 nitrogen and oxygen atoms in total. The average molecular weight is 647 g/mol. The molecule has 1 aromatic heterocycles. The van der Waals surface area contributed by atoms with Crippen molar-refractivity contribution in [3.63, 3.8) is 0 Å². The van der Waals surface area contributed by atoms with Gasteiger partial charge in [0.25, 0.3) is 0 Å². The molecule has 0 spiro atoms. The topological polar surface area (TPSA) is 109 Å². The minimum absolute atomic E-state index is 0.192. The quantitative estimate of drug-likeness (QED) is 0.262. The highest BCUT2D eigenvalue weighted by molar-refractivity contribution is 7.20. The lowest BCUT2D eigenvalue weighted by Crippen LogP contribution is -2.61. The normalized spacial score (nSPS) is 19.8. The Balaban J connectivity index is 1.05. The molecule has 10 heteroatoms. The van der Waals surface area contributed by atoms with Crippen LogP contribution in [-0.4, -0.2) is 73.8 Å². The van der Waals surface area contributed by atoms with Crippen LogP contribution in [0.25, 0.3) is 10.1 Å². The van der Waals surface area contributed by atoms with Gasteiger partial charge in [-0.2, -0.15) is 0 Å². The predicted molar refractivity (Wildman–Crippen MR) is 180 cm³/mol. The number of hydrogen-bond acceptors (Lipinski definition) is 7. The number of thiophene rings is 1. The SMILES string of the molecule is O=C(NC1(C(=O)N[C@H](Cc2ccccc2)C(=O)NCC2CCN(CC3CCOCC3)CC2)CCCC1)Oc1cc2ccccc2s1. The van der Waals surface area contributed by atoms with E-state index in [1.165, 1.54) is 11.3 Å². The van der Waals surface area contributed by atoms with Gasteiger partial charge in [-0.1, -0.05) is 72.7 Å². The van der Waals surface area contributed by atoms with Gasteiger partial charge in [-0.15, -0.1) is 0 Å². The molecular formula is C36H46N4O5S. The molecule has 1 aliphatic carbocycles. The van der Waals surface area contributed by atoms with E-state index in [1.807, 2.05) is 60.7 Å². The monoisotopic (exact) mass is 646 g/mol. The van der Waals surface area contributed by atoms with E-state index < -0.39 is 17.7 Å². The number of rotatable bonds is 11. The summed E-state index contributed by atoms with van der Waals surface area (Å²) in [5.74, 6) is 0.607. The third-order valence-corrected chi connectivity index (χ3v) is 10.9. The van der Waals surface area contributed by atoms with Crippen LogP contribution in [0.2, 0.25) is 0 Å². The second-order valence-electron chi connectivity index (χ2n) is 13.2. The standard InChI is InChI=1S/C36H46N4O5S/c41-33(37-24-27-12-18-40(19-13-27)25-28-14-20-44-21-15-28)30(22-26-8-2-1-3-9-26)38-34(42)36(16-6-7-17-36)39-35(43)45-32-23-29-10-4-5-11-31(29)46-32/h1-5,8-11,23,27-28,30H,6-7,12-22,24-25H2,(H,37,41)(H,38,42)(H,39,43)/t30-/m1/s1. The number of piperidine rings is 1. The van der Waals surface area contributed by atoms with E-state index in [4.69, 9.17) is 9.47 Å². The maximum atomic E-state index is 13.9. The van der Waals surface area contributed by atoms with Crippen LogP contribution >= 0.6 is 11.3 Å². The van der Waals surface area contributed by atoms with E-state index in [0.29, 0.717) is 36.8 Å². The molecule has 3 amide bonds. The zero-order valence-corrected chi connectivity index (χ0v) is 27.3. The Morgan fingerprint density at radius 1 is 0.935 bits per heavy atom. The van der Waals surface area contributed by atoms with Crippen molar-refractivity contribution < 1.29 is 23.9 Å². The maximum Gasteiger partial charge on any atom is 0.414 e. The Hall–Kier alpha value is -3.47. The number of carbonyl (C=O) groups is 3. The number of amides is 3. The third kappa shape index (κ3) is 8.46. The molecule has 3 N–H and O–H groups in total. The molecule has 6 rings (SSSR count). The summed E-state index contributed by atoms with van der Waals surface area (Å²) in [4.78, 5) is 43.2. The average Bonchev–Trinajstić information content (AvgIpc) is 3.72. The predicted octanol–water partition coefficient (Wildman–Crippen LogP) is 5.28. The first-order valence-corrected chi connectivity index (χ1v) is 17.7. The molecular weight excluding hydrogens is 600 g/mol. The molecule has 0 unspecified atom stereocenters. The minimum Gasteiger partial charge on any atom is -0.399 e. The lowest BCUT2D eigenvalue weighted by molar-refractivity contribution is -0.132. The highest BCUT2D eigenvalue weighted by Gasteiger charge is 2.44. The third-order valence-electron chi connectivity index (χ3n) is 9.86. The van der Waals surface area contributed by atoms with Crippen LogP contribution in [-0.2, 0) is 20.7 Å². The molecule has 2 saturated heterocycles. The van der Waals surface area contributed by atoms with E-state index in [0.717, 1.165) is 92.9 Å². The van der Waals surface area contributed by atoms with Crippen LogP contribution in [0.3, 0.4) is 0 Å². The summed E-state index contributed by atoms with van der Waals surface area (Å²) < 4.78 is 12.2. The summed E-state index contributed by atoms with van der Waals surface area (Å²) in [5, 5.41) is 10.6. The van der Waals surface area contributed by atoms with Crippen LogP contribution < -0.4 is 20.7 Å². The van der Waals surface area contributed by atoms with Gasteiger partial charge in [0.15, 0.2) is 5.06 Å². The number of fused-ring (bicyclic) bond motifs is 1. The van der Waals surface area contributed by atoms with Gasteiger partial charge < -0.3 is 30.3 Å². The molecule has 2 aromatic carbocycles. The van der Waals surface area contributed by atoms with Gasteiger partial charge in [-0.25, -0.2) is 4.79 Å². The minimum atomic E-state index is -1.12. The Labute approximate surface area is 275 Å².